The van der Waals surface area contributed by atoms with Gasteiger partial charge in [-0.1, -0.05) is 28.9 Å². The minimum absolute atomic E-state index is 0.292. The Kier molecular flexibility index (Phi) is 5.76. The molecule has 1 aromatic heterocycles. The second kappa shape index (κ2) is 7.57. The lowest BCUT2D eigenvalue weighted by atomic mass is 9.95. The quantitative estimate of drug-likeness (QED) is 0.829. The maximum atomic E-state index is 5.79. The number of benzene rings is 1. The molecule has 0 aliphatic carbocycles. The molecule has 4 heteroatoms. The molecule has 0 aliphatic rings. The molecule has 0 spiro atoms. The first-order valence-corrected chi connectivity index (χ1v) is 8.09. The zero-order valence-electron chi connectivity index (χ0n) is 12.6. The van der Waals surface area contributed by atoms with E-state index in [-0.39, 0.29) is 0 Å². The minimum Gasteiger partial charge on any atom is -0.384 e. The SMILES string of the molecule is CCCNC(Cc1ccnc(N)c1)c1ccc(Br)cc1C. The summed E-state index contributed by atoms with van der Waals surface area (Å²) in [7, 11) is 0. The first kappa shape index (κ1) is 16.0. The van der Waals surface area contributed by atoms with Crippen LogP contribution in [0.5, 0.6) is 0 Å². The number of aryl methyl sites for hydroxylation is 1. The molecule has 0 saturated heterocycles. The van der Waals surface area contributed by atoms with E-state index in [1.165, 1.54) is 16.7 Å². The summed E-state index contributed by atoms with van der Waals surface area (Å²) in [4.78, 5) is 4.06. The summed E-state index contributed by atoms with van der Waals surface area (Å²) in [6.07, 6.45) is 3.80. The molecule has 3 N–H and O–H groups in total. The zero-order valence-corrected chi connectivity index (χ0v) is 14.2. The lowest BCUT2D eigenvalue weighted by Crippen LogP contribution is -2.25. The number of aromatic nitrogens is 1. The number of pyridine rings is 1. The third-order valence-corrected chi connectivity index (χ3v) is 4.03. The van der Waals surface area contributed by atoms with Gasteiger partial charge in [-0.15, -0.1) is 0 Å². The Labute approximate surface area is 135 Å². The average molecular weight is 348 g/mol. The van der Waals surface area contributed by atoms with E-state index in [1.54, 1.807) is 6.20 Å². The molecule has 2 aromatic rings. The summed E-state index contributed by atoms with van der Waals surface area (Å²) in [5.41, 5.74) is 9.62. The van der Waals surface area contributed by atoms with Crippen molar-refractivity contribution in [2.75, 3.05) is 12.3 Å². The second-order valence-electron chi connectivity index (χ2n) is 5.30. The summed E-state index contributed by atoms with van der Waals surface area (Å²) in [6, 6.07) is 10.7. The zero-order chi connectivity index (χ0) is 15.2. The van der Waals surface area contributed by atoms with Crippen LogP contribution in [-0.4, -0.2) is 11.5 Å². The fourth-order valence-electron chi connectivity index (χ4n) is 2.50. The van der Waals surface area contributed by atoms with Crippen LogP contribution in [0, 0.1) is 6.92 Å². The highest BCUT2D eigenvalue weighted by atomic mass is 79.9. The molecule has 3 nitrogen and oxygen atoms in total. The van der Waals surface area contributed by atoms with Gasteiger partial charge in [-0.25, -0.2) is 4.98 Å². The van der Waals surface area contributed by atoms with Gasteiger partial charge in [0, 0.05) is 16.7 Å². The fraction of sp³-hybridized carbons (Fsp3) is 0.353. The molecule has 21 heavy (non-hydrogen) atoms. The molecule has 2 rings (SSSR count). The van der Waals surface area contributed by atoms with E-state index < -0.39 is 0 Å². The molecule has 0 radical (unpaired) electrons. The smallest absolute Gasteiger partial charge is 0.123 e. The van der Waals surface area contributed by atoms with E-state index >= 15 is 0 Å². The highest BCUT2D eigenvalue weighted by Gasteiger charge is 2.14. The largest absolute Gasteiger partial charge is 0.384 e. The minimum atomic E-state index is 0.292. The lowest BCUT2D eigenvalue weighted by Gasteiger charge is -2.21. The summed E-state index contributed by atoms with van der Waals surface area (Å²) in [6.45, 7) is 5.34. The highest BCUT2D eigenvalue weighted by Crippen LogP contribution is 2.25. The van der Waals surface area contributed by atoms with Gasteiger partial charge in [0.15, 0.2) is 0 Å². The van der Waals surface area contributed by atoms with Gasteiger partial charge >= 0.3 is 0 Å². The van der Waals surface area contributed by atoms with Crippen molar-refractivity contribution in [1.29, 1.82) is 0 Å². The molecule has 1 atom stereocenters. The van der Waals surface area contributed by atoms with Gasteiger partial charge in [-0.2, -0.15) is 0 Å². The lowest BCUT2D eigenvalue weighted by molar-refractivity contribution is 0.527. The predicted octanol–water partition coefficient (Wildman–Crippen LogP) is 4.02. The van der Waals surface area contributed by atoms with Crippen LogP contribution in [0.2, 0.25) is 0 Å². The van der Waals surface area contributed by atoms with Gasteiger partial charge < -0.3 is 11.1 Å². The van der Waals surface area contributed by atoms with Crippen LogP contribution in [0.3, 0.4) is 0 Å². The third kappa shape index (κ3) is 4.55. The van der Waals surface area contributed by atoms with Gasteiger partial charge in [0.1, 0.15) is 5.82 Å². The number of halogens is 1. The topological polar surface area (TPSA) is 50.9 Å². The first-order chi connectivity index (χ1) is 10.1. The molecule has 0 bridgehead atoms. The molecule has 0 amide bonds. The number of nitrogens with zero attached hydrogens (tertiary/aromatic N) is 1. The molecule has 0 fully saturated rings. The summed E-state index contributed by atoms with van der Waals surface area (Å²) in [5.74, 6) is 0.578. The molecule has 1 aromatic carbocycles. The van der Waals surface area contributed by atoms with Crippen LogP contribution >= 0.6 is 15.9 Å². The second-order valence-corrected chi connectivity index (χ2v) is 6.22. The van der Waals surface area contributed by atoms with E-state index in [1.807, 2.05) is 12.1 Å². The molecular formula is C17H22BrN3. The maximum Gasteiger partial charge on any atom is 0.123 e. The molecule has 0 saturated carbocycles. The molecule has 0 aliphatic heterocycles. The molecule has 112 valence electrons. The van der Waals surface area contributed by atoms with Crippen molar-refractivity contribution in [3.63, 3.8) is 0 Å². The Balaban J connectivity index is 2.25. The highest BCUT2D eigenvalue weighted by molar-refractivity contribution is 9.10. The predicted molar refractivity (Wildman–Crippen MR) is 92.3 cm³/mol. The van der Waals surface area contributed by atoms with Crippen LogP contribution in [0.4, 0.5) is 5.82 Å². The van der Waals surface area contributed by atoms with Gasteiger partial charge in [-0.3, -0.25) is 0 Å². The molecular weight excluding hydrogens is 326 g/mol. The number of nitrogens with two attached hydrogens (primary N) is 1. The number of nitrogens with one attached hydrogen (secondary N) is 1. The maximum absolute atomic E-state index is 5.79. The van der Waals surface area contributed by atoms with E-state index in [2.05, 4.69) is 58.3 Å². The van der Waals surface area contributed by atoms with Crippen molar-refractivity contribution < 1.29 is 0 Å². The summed E-state index contributed by atoms with van der Waals surface area (Å²) >= 11 is 3.53. The Morgan fingerprint density at radius 3 is 2.76 bits per heavy atom. The van der Waals surface area contributed by atoms with E-state index in [4.69, 9.17) is 5.73 Å². The number of hydrogen-bond acceptors (Lipinski definition) is 3. The summed E-state index contributed by atoms with van der Waals surface area (Å²) < 4.78 is 1.12. The van der Waals surface area contributed by atoms with Crippen molar-refractivity contribution in [1.82, 2.24) is 10.3 Å². The van der Waals surface area contributed by atoms with E-state index in [0.717, 1.165) is 23.9 Å². The number of anilines is 1. The van der Waals surface area contributed by atoms with Crippen molar-refractivity contribution in [3.8, 4) is 0 Å². The number of rotatable bonds is 6. The van der Waals surface area contributed by atoms with Crippen LogP contribution in [-0.2, 0) is 6.42 Å². The van der Waals surface area contributed by atoms with Gasteiger partial charge in [0.2, 0.25) is 0 Å². The fourth-order valence-corrected chi connectivity index (χ4v) is 2.97. The third-order valence-electron chi connectivity index (χ3n) is 3.53. The van der Waals surface area contributed by atoms with Crippen molar-refractivity contribution in [3.05, 3.63) is 57.7 Å². The van der Waals surface area contributed by atoms with Crippen molar-refractivity contribution in [2.24, 2.45) is 0 Å². The summed E-state index contributed by atoms with van der Waals surface area (Å²) in [5, 5.41) is 3.64. The van der Waals surface area contributed by atoms with Crippen LogP contribution in [0.15, 0.2) is 41.0 Å². The standard InChI is InChI=1S/C17H22BrN3/c1-3-7-20-16(10-13-6-8-21-17(19)11-13)15-5-4-14(18)9-12(15)2/h4-6,8-9,11,16,20H,3,7,10H2,1-2H3,(H2,19,21). The van der Waals surface area contributed by atoms with Gasteiger partial charge in [0.05, 0.1) is 0 Å². The Hall–Kier alpha value is -1.39. The Morgan fingerprint density at radius 1 is 1.29 bits per heavy atom. The van der Waals surface area contributed by atoms with Crippen molar-refractivity contribution >= 4 is 21.7 Å². The number of nitrogen functional groups attached to an aromatic ring is 1. The van der Waals surface area contributed by atoms with Crippen LogP contribution in [0.25, 0.3) is 0 Å². The van der Waals surface area contributed by atoms with E-state index in [9.17, 15) is 0 Å². The van der Waals surface area contributed by atoms with Gasteiger partial charge in [0.25, 0.3) is 0 Å². The first-order valence-electron chi connectivity index (χ1n) is 7.30. The van der Waals surface area contributed by atoms with Crippen molar-refractivity contribution in [2.45, 2.75) is 32.7 Å². The molecule has 1 heterocycles. The van der Waals surface area contributed by atoms with Crippen LogP contribution in [0.1, 0.15) is 36.1 Å². The average Bonchev–Trinajstić information content (AvgIpc) is 2.44. The van der Waals surface area contributed by atoms with E-state index in [0.29, 0.717) is 11.9 Å². The van der Waals surface area contributed by atoms with Gasteiger partial charge in [-0.05, 0) is 67.3 Å². The monoisotopic (exact) mass is 347 g/mol. The van der Waals surface area contributed by atoms with Crippen LogP contribution < -0.4 is 11.1 Å². The Morgan fingerprint density at radius 2 is 2.10 bits per heavy atom. The number of hydrogen-bond donors (Lipinski definition) is 2. The normalized spacial score (nSPS) is 12.3. The Bertz CT molecular complexity index is 598. The molecule has 1 unspecified atom stereocenters.